The Hall–Kier alpha value is -3.56. The predicted molar refractivity (Wildman–Crippen MR) is 168 cm³/mol. The molecule has 0 fully saturated rings. The van der Waals surface area contributed by atoms with E-state index in [9.17, 15) is 18.0 Å². The number of halogens is 1. The number of ether oxygens (including phenoxy) is 1. The van der Waals surface area contributed by atoms with Gasteiger partial charge in [0.25, 0.3) is 0 Å². The third-order valence-electron chi connectivity index (χ3n) is 6.87. The van der Waals surface area contributed by atoms with E-state index in [2.05, 4.69) is 5.32 Å². The maximum atomic E-state index is 13.9. The number of aryl methyl sites for hydroxylation is 1. The Morgan fingerprint density at radius 3 is 2.29 bits per heavy atom. The molecule has 1 unspecified atom stereocenters. The highest BCUT2D eigenvalue weighted by atomic mass is 35.5. The smallest absolute Gasteiger partial charge is 0.243 e. The summed E-state index contributed by atoms with van der Waals surface area (Å²) < 4.78 is 31.8. The Bertz CT molecular complexity index is 1430. The largest absolute Gasteiger partial charge is 0.495 e. The second-order valence-electron chi connectivity index (χ2n) is 10.3. The fourth-order valence-corrected chi connectivity index (χ4v) is 5.83. The summed E-state index contributed by atoms with van der Waals surface area (Å²) in [6.45, 7) is 4.79. The third kappa shape index (κ3) is 9.49. The van der Waals surface area contributed by atoms with Crippen LogP contribution in [0.4, 0.5) is 5.69 Å². The van der Waals surface area contributed by atoms with Crippen LogP contribution in [0.15, 0.2) is 72.8 Å². The molecule has 0 heterocycles. The van der Waals surface area contributed by atoms with Crippen LogP contribution in [0.25, 0.3) is 0 Å². The van der Waals surface area contributed by atoms with Crippen LogP contribution in [-0.2, 0) is 32.6 Å². The van der Waals surface area contributed by atoms with Gasteiger partial charge in [0.05, 0.1) is 24.1 Å². The molecule has 0 aliphatic heterocycles. The van der Waals surface area contributed by atoms with Crippen molar-refractivity contribution in [2.75, 3.05) is 30.8 Å². The molecule has 3 aromatic rings. The quantitative estimate of drug-likeness (QED) is 0.249. The van der Waals surface area contributed by atoms with Crippen LogP contribution in [-0.4, -0.2) is 57.6 Å². The molecule has 1 N–H and O–H groups in total. The lowest BCUT2D eigenvalue weighted by Gasteiger charge is -2.32. The second-order valence-corrected chi connectivity index (χ2v) is 12.6. The summed E-state index contributed by atoms with van der Waals surface area (Å²) >= 11 is 6.26. The number of methoxy groups -OCH3 is 1. The van der Waals surface area contributed by atoms with Gasteiger partial charge >= 0.3 is 0 Å². The SMILES string of the molecule is CCCNC(=O)C(Cc1ccccc1)N(Cc1ccc(C)cc1)C(=O)CCCN(c1ccc(OC)c(Cl)c1)S(C)(=O)=O. The zero-order valence-corrected chi connectivity index (χ0v) is 26.2. The molecule has 0 saturated heterocycles. The summed E-state index contributed by atoms with van der Waals surface area (Å²) in [7, 11) is -2.18. The summed E-state index contributed by atoms with van der Waals surface area (Å²) in [5.74, 6) is -0.0160. The summed E-state index contributed by atoms with van der Waals surface area (Å²) in [6.07, 6.45) is 2.54. The molecule has 0 bridgehead atoms. The normalized spacial score (nSPS) is 11.9. The molecule has 2 amide bonds. The minimum Gasteiger partial charge on any atom is -0.495 e. The van der Waals surface area contributed by atoms with Crippen molar-refractivity contribution in [3.8, 4) is 5.75 Å². The van der Waals surface area contributed by atoms with Crippen LogP contribution in [0.3, 0.4) is 0 Å². The summed E-state index contributed by atoms with van der Waals surface area (Å²) in [5.41, 5.74) is 3.32. The fourth-order valence-electron chi connectivity index (χ4n) is 4.62. The molecular weight excluding hydrogens is 574 g/mol. The lowest BCUT2D eigenvalue weighted by Crippen LogP contribution is -2.50. The van der Waals surface area contributed by atoms with E-state index in [1.54, 1.807) is 17.0 Å². The molecule has 42 heavy (non-hydrogen) atoms. The molecule has 226 valence electrons. The molecule has 3 rings (SSSR count). The molecule has 8 nitrogen and oxygen atoms in total. The first kappa shape index (κ1) is 32.9. The molecule has 1 atom stereocenters. The predicted octanol–water partition coefficient (Wildman–Crippen LogP) is 5.37. The summed E-state index contributed by atoms with van der Waals surface area (Å²) in [6, 6.07) is 21.5. The number of benzene rings is 3. The van der Waals surface area contributed by atoms with Crippen LogP contribution < -0.4 is 14.4 Å². The number of hydrogen-bond donors (Lipinski definition) is 1. The molecule has 10 heteroatoms. The topological polar surface area (TPSA) is 96.0 Å². The van der Waals surface area contributed by atoms with Gasteiger partial charge in [0.15, 0.2) is 0 Å². The standard InChI is InChI=1S/C32H40ClN3O5S/c1-5-19-34-32(38)29(21-25-10-7-6-8-11-25)35(23-26-15-13-24(2)14-16-26)31(37)12-9-20-36(42(4,39)40)27-17-18-30(41-3)28(33)22-27/h6-8,10-11,13-18,22,29H,5,9,12,19-21,23H2,1-4H3,(H,34,38). The van der Waals surface area contributed by atoms with Crippen LogP contribution >= 0.6 is 11.6 Å². The number of sulfonamides is 1. The van der Waals surface area contributed by atoms with Gasteiger partial charge in [-0.25, -0.2) is 8.42 Å². The van der Waals surface area contributed by atoms with Crippen molar-refractivity contribution in [2.45, 2.75) is 52.1 Å². The van der Waals surface area contributed by atoms with Gasteiger partial charge in [0.1, 0.15) is 11.8 Å². The van der Waals surface area contributed by atoms with Crippen LogP contribution in [0, 0.1) is 6.92 Å². The van der Waals surface area contributed by atoms with Crippen LogP contribution in [0.2, 0.25) is 5.02 Å². The van der Waals surface area contributed by atoms with Gasteiger partial charge in [0.2, 0.25) is 21.8 Å². The number of carbonyl (C=O) groups excluding carboxylic acids is 2. The van der Waals surface area contributed by atoms with Gasteiger partial charge in [-0.2, -0.15) is 0 Å². The van der Waals surface area contributed by atoms with E-state index in [0.717, 1.165) is 29.4 Å². The Labute approximate surface area is 254 Å². The van der Waals surface area contributed by atoms with Crippen molar-refractivity contribution >= 4 is 39.1 Å². The van der Waals surface area contributed by atoms with Gasteiger partial charge in [-0.05, 0) is 49.1 Å². The number of rotatable bonds is 15. The zero-order valence-electron chi connectivity index (χ0n) is 24.7. The van der Waals surface area contributed by atoms with Crippen molar-refractivity contribution in [1.29, 1.82) is 0 Å². The minimum absolute atomic E-state index is 0.0497. The maximum Gasteiger partial charge on any atom is 0.243 e. The molecule has 0 spiro atoms. The number of nitrogens with zero attached hydrogens (tertiary/aromatic N) is 2. The summed E-state index contributed by atoms with van der Waals surface area (Å²) in [4.78, 5) is 29.0. The first-order chi connectivity index (χ1) is 20.0. The number of nitrogens with one attached hydrogen (secondary N) is 1. The second kappa shape index (κ2) is 15.6. The van der Waals surface area contributed by atoms with Crippen molar-refractivity contribution in [3.63, 3.8) is 0 Å². The average molecular weight is 614 g/mol. The lowest BCUT2D eigenvalue weighted by atomic mass is 10.0. The molecule has 0 aliphatic carbocycles. The average Bonchev–Trinajstić information content (AvgIpc) is 2.96. The monoisotopic (exact) mass is 613 g/mol. The highest BCUT2D eigenvalue weighted by Crippen LogP contribution is 2.30. The Kier molecular flexibility index (Phi) is 12.2. The van der Waals surface area contributed by atoms with E-state index in [1.807, 2.05) is 68.4 Å². The van der Waals surface area contributed by atoms with E-state index in [-0.39, 0.29) is 42.8 Å². The van der Waals surface area contributed by atoms with Crippen molar-refractivity contribution in [3.05, 3.63) is 94.5 Å². The van der Waals surface area contributed by atoms with Crippen LogP contribution in [0.5, 0.6) is 5.75 Å². The van der Waals surface area contributed by atoms with Crippen molar-refractivity contribution in [2.24, 2.45) is 0 Å². The molecular formula is C32H40ClN3O5S. The lowest BCUT2D eigenvalue weighted by molar-refractivity contribution is -0.141. The Morgan fingerprint density at radius 2 is 1.69 bits per heavy atom. The minimum atomic E-state index is -3.66. The fraction of sp³-hybridized carbons (Fsp3) is 0.375. The summed E-state index contributed by atoms with van der Waals surface area (Å²) in [5, 5.41) is 3.25. The molecule has 0 aromatic heterocycles. The Morgan fingerprint density at radius 1 is 1.00 bits per heavy atom. The van der Waals surface area contributed by atoms with Crippen LogP contribution in [0.1, 0.15) is 42.9 Å². The number of anilines is 1. The first-order valence-corrected chi connectivity index (χ1v) is 16.2. The van der Waals surface area contributed by atoms with Crippen molar-refractivity contribution in [1.82, 2.24) is 10.2 Å². The zero-order chi connectivity index (χ0) is 30.7. The maximum absolute atomic E-state index is 13.9. The van der Waals surface area contributed by atoms with Gasteiger partial charge in [-0.3, -0.25) is 13.9 Å². The molecule has 0 aliphatic rings. The van der Waals surface area contributed by atoms with Gasteiger partial charge in [-0.1, -0.05) is 78.7 Å². The van der Waals surface area contributed by atoms with Gasteiger partial charge in [-0.15, -0.1) is 0 Å². The van der Waals surface area contributed by atoms with Crippen molar-refractivity contribution < 1.29 is 22.7 Å². The number of carbonyl (C=O) groups is 2. The molecule has 0 radical (unpaired) electrons. The molecule has 0 saturated carbocycles. The Balaban J connectivity index is 1.87. The van der Waals surface area contributed by atoms with E-state index < -0.39 is 16.1 Å². The van der Waals surface area contributed by atoms with E-state index in [0.29, 0.717) is 24.4 Å². The van der Waals surface area contributed by atoms with Gasteiger partial charge in [0, 0.05) is 32.5 Å². The number of amides is 2. The highest BCUT2D eigenvalue weighted by molar-refractivity contribution is 7.92. The van der Waals surface area contributed by atoms with E-state index in [4.69, 9.17) is 16.3 Å². The first-order valence-electron chi connectivity index (χ1n) is 14.0. The van der Waals surface area contributed by atoms with E-state index in [1.165, 1.54) is 17.5 Å². The molecule has 3 aromatic carbocycles. The highest BCUT2D eigenvalue weighted by Gasteiger charge is 2.30. The van der Waals surface area contributed by atoms with Gasteiger partial charge < -0.3 is 15.0 Å². The third-order valence-corrected chi connectivity index (χ3v) is 8.36. The van der Waals surface area contributed by atoms with E-state index >= 15 is 0 Å². The number of hydrogen-bond acceptors (Lipinski definition) is 5.